The number of para-hydroxylation sites is 1. The quantitative estimate of drug-likeness (QED) is 0.852. The fourth-order valence-electron chi connectivity index (χ4n) is 3.45. The third kappa shape index (κ3) is 3.25. The molecule has 1 aliphatic heterocycles. The first kappa shape index (κ1) is 16.8. The summed E-state index contributed by atoms with van der Waals surface area (Å²) in [5.74, 6) is 0.866. The number of rotatable bonds is 4. The van der Waals surface area contributed by atoms with E-state index in [0.717, 1.165) is 5.75 Å². The number of hydrogen-bond acceptors (Lipinski definition) is 4. The van der Waals surface area contributed by atoms with Gasteiger partial charge in [-0.05, 0) is 38.3 Å². The van der Waals surface area contributed by atoms with Gasteiger partial charge in [-0.25, -0.2) is 0 Å². The van der Waals surface area contributed by atoms with Crippen molar-refractivity contribution in [2.75, 3.05) is 19.7 Å². The molecule has 1 aromatic rings. The molecule has 2 fully saturated rings. The number of benzene rings is 1. The third-order valence-corrected chi connectivity index (χ3v) is 4.84. The van der Waals surface area contributed by atoms with Crippen LogP contribution in [-0.2, 0) is 9.53 Å². The van der Waals surface area contributed by atoms with Gasteiger partial charge in [0.1, 0.15) is 23.9 Å². The van der Waals surface area contributed by atoms with Gasteiger partial charge in [-0.2, -0.15) is 5.26 Å². The van der Waals surface area contributed by atoms with Crippen LogP contribution < -0.4 is 4.74 Å². The first-order valence-electron chi connectivity index (χ1n) is 8.42. The summed E-state index contributed by atoms with van der Waals surface area (Å²) >= 11 is 0. The van der Waals surface area contributed by atoms with E-state index in [2.05, 4.69) is 6.07 Å². The summed E-state index contributed by atoms with van der Waals surface area (Å²) in [6, 6.07) is 11.8. The van der Waals surface area contributed by atoms with Gasteiger partial charge in [0.25, 0.3) is 0 Å². The molecule has 3 rings (SSSR count). The first-order chi connectivity index (χ1) is 11.4. The van der Waals surface area contributed by atoms with Crippen molar-refractivity contribution < 1.29 is 14.3 Å². The molecule has 0 bridgehead atoms. The second-order valence-electron chi connectivity index (χ2n) is 7.50. The van der Waals surface area contributed by atoms with Crippen LogP contribution in [0.1, 0.15) is 27.2 Å². The van der Waals surface area contributed by atoms with Crippen LogP contribution in [0, 0.1) is 22.7 Å². The van der Waals surface area contributed by atoms with Gasteiger partial charge in [0.2, 0.25) is 5.91 Å². The van der Waals surface area contributed by atoms with Crippen molar-refractivity contribution >= 4 is 5.91 Å². The summed E-state index contributed by atoms with van der Waals surface area (Å²) in [4.78, 5) is 14.6. The number of nitrogens with zero attached hydrogens (tertiary/aromatic N) is 2. The summed E-state index contributed by atoms with van der Waals surface area (Å²) in [6.07, 6.45) is 0.452. The SMILES string of the molecule is C[C@@H]1C[C@]1(C#N)C(=O)N1C[C@@H](COc2ccccc2)OC(C)(C)C1. The average Bonchev–Trinajstić information content (AvgIpc) is 3.23. The van der Waals surface area contributed by atoms with E-state index in [-0.39, 0.29) is 17.9 Å². The fourth-order valence-corrected chi connectivity index (χ4v) is 3.45. The molecule has 5 nitrogen and oxygen atoms in total. The highest BCUT2D eigenvalue weighted by Crippen LogP contribution is 2.53. The molecule has 24 heavy (non-hydrogen) atoms. The fraction of sp³-hybridized carbons (Fsp3) is 0.579. The summed E-state index contributed by atoms with van der Waals surface area (Å²) in [6.45, 7) is 7.25. The van der Waals surface area contributed by atoms with Crippen LogP contribution in [0.5, 0.6) is 5.75 Å². The van der Waals surface area contributed by atoms with E-state index in [0.29, 0.717) is 26.1 Å². The predicted molar refractivity (Wildman–Crippen MR) is 89.3 cm³/mol. The van der Waals surface area contributed by atoms with E-state index in [1.54, 1.807) is 4.90 Å². The summed E-state index contributed by atoms with van der Waals surface area (Å²) in [7, 11) is 0. The maximum atomic E-state index is 12.8. The molecule has 1 heterocycles. The topological polar surface area (TPSA) is 62.6 Å². The van der Waals surface area contributed by atoms with Crippen LogP contribution in [0.2, 0.25) is 0 Å². The van der Waals surface area contributed by atoms with Crippen molar-refractivity contribution in [3.63, 3.8) is 0 Å². The normalized spacial score (nSPS) is 31.2. The van der Waals surface area contributed by atoms with Gasteiger partial charge in [-0.15, -0.1) is 0 Å². The molecule has 128 valence electrons. The Morgan fingerprint density at radius 1 is 1.42 bits per heavy atom. The van der Waals surface area contributed by atoms with Crippen molar-refractivity contribution in [3.05, 3.63) is 30.3 Å². The highest BCUT2D eigenvalue weighted by Gasteiger charge is 2.60. The average molecular weight is 328 g/mol. The zero-order valence-electron chi connectivity index (χ0n) is 14.5. The zero-order chi connectivity index (χ0) is 17.4. The molecule has 0 aromatic heterocycles. The lowest BCUT2D eigenvalue weighted by Crippen LogP contribution is -2.57. The van der Waals surface area contributed by atoms with Crippen LogP contribution in [0.15, 0.2) is 30.3 Å². The Morgan fingerprint density at radius 2 is 2.08 bits per heavy atom. The maximum Gasteiger partial charge on any atom is 0.243 e. The van der Waals surface area contributed by atoms with E-state index >= 15 is 0 Å². The predicted octanol–water partition coefficient (Wildman–Crippen LogP) is 2.62. The Bertz CT molecular complexity index is 652. The van der Waals surface area contributed by atoms with Crippen molar-refractivity contribution in [2.45, 2.75) is 38.9 Å². The molecule has 2 aliphatic rings. The van der Waals surface area contributed by atoms with E-state index in [4.69, 9.17) is 9.47 Å². The molecule has 0 spiro atoms. The van der Waals surface area contributed by atoms with Gasteiger partial charge >= 0.3 is 0 Å². The standard InChI is InChI=1S/C19H24N2O3/c1-14-9-19(14,12-20)17(22)21-10-16(24-18(2,3)13-21)11-23-15-7-5-4-6-8-15/h4-8,14,16H,9-11,13H2,1-3H3/t14-,16+,19-/m1/s1. The van der Waals surface area contributed by atoms with Gasteiger partial charge in [0.05, 0.1) is 18.2 Å². The Hall–Kier alpha value is -2.06. The van der Waals surface area contributed by atoms with Crippen LogP contribution in [0.3, 0.4) is 0 Å². The lowest BCUT2D eigenvalue weighted by molar-refractivity contribution is -0.168. The molecule has 1 saturated heterocycles. The number of carbonyl (C=O) groups excluding carboxylic acids is 1. The Balaban J connectivity index is 1.67. The van der Waals surface area contributed by atoms with Gasteiger partial charge in [0, 0.05) is 6.54 Å². The van der Waals surface area contributed by atoms with Gasteiger partial charge in [-0.3, -0.25) is 4.79 Å². The molecule has 5 heteroatoms. The summed E-state index contributed by atoms with van der Waals surface area (Å²) in [5.41, 5.74) is -1.27. The number of ether oxygens (including phenoxy) is 2. The monoisotopic (exact) mass is 328 g/mol. The van der Waals surface area contributed by atoms with Crippen molar-refractivity contribution in [1.29, 1.82) is 5.26 Å². The summed E-state index contributed by atoms with van der Waals surface area (Å²) in [5, 5.41) is 9.42. The third-order valence-electron chi connectivity index (χ3n) is 4.84. The van der Waals surface area contributed by atoms with Crippen LogP contribution in [0.25, 0.3) is 0 Å². The molecular weight excluding hydrogens is 304 g/mol. The molecule has 0 radical (unpaired) electrons. The second kappa shape index (κ2) is 6.10. The minimum atomic E-state index is -0.821. The zero-order valence-corrected chi connectivity index (χ0v) is 14.5. The Morgan fingerprint density at radius 3 is 2.67 bits per heavy atom. The van der Waals surface area contributed by atoms with E-state index in [1.165, 1.54) is 0 Å². The number of amides is 1. The van der Waals surface area contributed by atoms with Crippen molar-refractivity contribution in [3.8, 4) is 11.8 Å². The van der Waals surface area contributed by atoms with Crippen LogP contribution >= 0.6 is 0 Å². The first-order valence-corrected chi connectivity index (χ1v) is 8.42. The lowest BCUT2D eigenvalue weighted by Gasteiger charge is -2.43. The smallest absolute Gasteiger partial charge is 0.243 e. The number of nitriles is 1. The minimum absolute atomic E-state index is 0.0569. The van der Waals surface area contributed by atoms with Gasteiger partial charge < -0.3 is 14.4 Å². The number of hydrogen-bond donors (Lipinski definition) is 0. The Labute approximate surface area is 143 Å². The number of carbonyl (C=O) groups is 1. The number of morpholine rings is 1. The molecule has 0 N–H and O–H groups in total. The molecule has 1 aromatic carbocycles. The van der Waals surface area contributed by atoms with Crippen LogP contribution in [-0.4, -0.2) is 42.2 Å². The van der Waals surface area contributed by atoms with Crippen molar-refractivity contribution in [2.24, 2.45) is 11.3 Å². The molecular formula is C19H24N2O3. The minimum Gasteiger partial charge on any atom is -0.491 e. The Kier molecular flexibility index (Phi) is 4.27. The van der Waals surface area contributed by atoms with Crippen LogP contribution in [0.4, 0.5) is 0 Å². The highest BCUT2D eigenvalue weighted by atomic mass is 16.5. The molecule has 0 unspecified atom stereocenters. The molecule has 1 aliphatic carbocycles. The van der Waals surface area contributed by atoms with Gasteiger partial charge in [0.15, 0.2) is 0 Å². The molecule has 1 amide bonds. The van der Waals surface area contributed by atoms with E-state index in [1.807, 2.05) is 51.1 Å². The summed E-state index contributed by atoms with van der Waals surface area (Å²) < 4.78 is 11.9. The maximum absolute atomic E-state index is 12.8. The lowest BCUT2D eigenvalue weighted by atomic mass is 10.00. The van der Waals surface area contributed by atoms with E-state index < -0.39 is 11.0 Å². The van der Waals surface area contributed by atoms with E-state index in [9.17, 15) is 10.1 Å². The highest BCUT2D eigenvalue weighted by molar-refractivity contribution is 5.89. The molecule has 3 atom stereocenters. The van der Waals surface area contributed by atoms with Crippen molar-refractivity contribution in [1.82, 2.24) is 4.90 Å². The second-order valence-corrected chi connectivity index (χ2v) is 7.50. The van der Waals surface area contributed by atoms with Gasteiger partial charge in [-0.1, -0.05) is 25.1 Å². The largest absolute Gasteiger partial charge is 0.491 e. The molecule has 1 saturated carbocycles.